The topological polar surface area (TPSA) is 89.4 Å². The van der Waals surface area contributed by atoms with Crippen LogP contribution in [0.3, 0.4) is 0 Å². The Bertz CT molecular complexity index is 1390. The van der Waals surface area contributed by atoms with E-state index in [0.717, 1.165) is 16.8 Å². The first-order chi connectivity index (χ1) is 17.1. The number of nitrogens with zero attached hydrogens (tertiary/aromatic N) is 4. The van der Waals surface area contributed by atoms with Gasteiger partial charge in [0, 0.05) is 53.8 Å². The molecule has 1 aliphatic rings. The van der Waals surface area contributed by atoms with Crippen LogP contribution in [0.5, 0.6) is 0 Å². The second-order valence-corrected chi connectivity index (χ2v) is 8.30. The standard InChI is InChI=1S/C27H22FN5O2/c1-17-5-6-22(23(28)8-17)19-9-20(25-12-26(35-33-25)24-4-2-3-7-31-24)11-21(10-19)27(34)32-15-18-13-29-16-30-14-18/h2-11,13-14,16,26H,12,15H2,1H3,(H,32,34). The summed E-state index contributed by atoms with van der Waals surface area (Å²) < 4.78 is 14.9. The molecule has 1 amide bonds. The summed E-state index contributed by atoms with van der Waals surface area (Å²) in [6.45, 7) is 2.10. The third-order valence-corrected chi connectivity index (χ3v) is 5.72. The number of carbonyl (C=O) groups excluding carboxylic acids is 1. The van der Waals surface area contributed by atoms with Crippen LogP contribution in [0.1, 0.15) is 45.3 Å². The number of halogens is 1. The first kappa shape index (κ1) is 22.3. The molecule has 1 aliphatic heterocycles. The Morgan fingerprint density at radius 1 is 1.09 bits per heavy atom. The van der Waals surface area contributed by atoms with E-state index in [1.54, 1.807) is 36.8 Å². The van der Waals surface area contributed by atoms with Crippen LogP contribution >= 0.6 is 0 Å². The molecule has 7 nitrogen and oxygen atoms in total. The Kier molecular flexibility index (Phi) is 6.26. The summed E-state index contributed by atoms with van der Waals surface area (Å²) >= 11 is 0. The first-order valence-electron chi connectivity index (χ1n) is 11.1. The average Bonchev–Trinajstić information content (AvgIpc) is 3.39. The fourth-order valence-electron chi connectivity index (χ4n) is 3.91. The molecule has 1 atom stereocenters. The molecule has 2 aromatic carbocycles. The molecule has 0 saturated heterocycles. The van der Waals surface area contributed by atoms with Crippen molar-refractivity contribution in [2.75, 3.05) is 0 Å². The number of amides is 1. The lowest BCUT2D eigenvalue weighted by Gasteiger charge is -2.12. The number of oxime groups is 1. The lowest BCUT2D eigenvalue weighted by Crippen LogP contribution is -2.23. The molecule has 5 rings (SSSR count). The smallest absolute Gasteiger partial charge is 0.251 e. The predicted molar refractivity (Wildman–Crippen MR) is 129 cm³/mol. The van der Waals surface area contributed by atoms with Gasteiger partial charge < -0.3 is 10.2 Å². The van der Waals surface area contributed by atoms with E-state index in [0.29, 0.717) is 34.4 Å². The lowest BCUT2D eigenvalue weighted by atomic mass is 9.94. The second kappa shape index (κ2) is 9.80. The van der Waals surface area contributed by atoms with Crippen LogP contribution in [-0.2, 0) is 11.4 Å². The third-order valence-electron chi connectivity index (χ3n) is 5.72. The Morgan fingerprint density at radius 2 is 1.91 bits per heavy atom. The van der Waals surface area contributed by atoms with Gasteiger partial charge in [0.2, 0.25) is 0 Å². The summed E-state index contributed by atoms with van der Waals surface area (Å²) in [7, 11) is 0. The maximum Gasteiger partial charge on any atom is 0.251 e. The first-order valence-corrected chi connectivity index (χ1v) is 11.1. The second-order valence-electron chi connectivity index (χ2n) is 8.30. The molecule has 0 aliphatic carbocycles. The van der Waals surface area contributed by atoms with Gasteiger partial charge in [-0.1, -0.05) is 23.4 Å². The van der Waals surface area contributed by atoms with Crippen molar-refractivity contribution in [3.63, 3.8) is 0 Å². The summed E-state index contributed by atoms with van der Waals surface area (Å²) in [6, 6.07) is 15.9. The van der Waals surface area contributed by atoms with Gasteiger partial charge in [-0.05, 0) is 54.4 Å². The molecule has 1 unspecified atom stereocenters. The molecule has 1 N–H and O–H groups in total. The van der Waals surface area contributed by atoms with Gasteiger partial charge in [0.25, 0.3) is 5.91 Å². The number of aryl methyl sites for hydroxylation is 1. The zero-order valence-corrected chi connectivity index (χ0v) is 19.0. The summed E-state index contributed by atoms with van der Waals surface area (Å²) in [5, 5.41) is 7.14. The number of benzene rings is 2. The van der Waals surface area contributed by atoms with Crippen molar-refractivity contribution in [1.29, 1.82) is 0 Å². The fourth-order valence-corrected chi connectivity index (χ4v) is 3.91. The van der Waals surface area contributed by atoms with Gasteiger partial charge in [0.05, 0.1) is 11.4 Å². The van der Waals surface area contributed by atoms with E-state index < -0.39 is 0 Å². The molecule has 4 aromatic rings. The number of pyridine rings is 1. The van der Waals surface area contributed by atoms with E-state index >= 15 is 0 Å². The molecule has 0 spiro atoms. The molecule has 3 heterocycles. The molecular weight excluding hydrogens is 445 g/mol. The molecule has 8 heteroatoms. The number of hydrogen-bond donors (Lipinski definition) is 1. The molecule has 0 radical (unpaired) electrons. The maximum absolute atomic E-state index is 14.9. The number of nitrogens with one attached hydrogen (secondary N) is 1. The van der Waals surface area contributed by atoms with E-state index in [1.165, 1.54) is 12.4 Å². The van der Waals surface area contributed by atoms with E-state index in [2.05, 4.69) is 25.4 Å². The van der Waals surface area contributed by atoms with Crippen molar-refractivity contribution in [1.82, 2.24) is 20.3 Å². The molecule has 2 aromatic heterocycles. The normalized spacial score (nSPS) is 14.8. The minimum atomic E-state index is -0.356. The zero-order valence-electron chi connectivity index (χ0n) is 19.0. The van der Waals surface area contributed by atoms with Crippen LogP contribution in [0.15, 0.2) is 84.7 Å². The highest BCUT2D eigenvalue weighted by Gasteiger charge is 2.26. The van der Waals surface area contributed by atoms with Gasteiger partial charge in [-0.2, -0.15) is 0 Å². The summed E-state index contributed by atoms with van der Waals surface area (Å²) in [4.78, 5) is 31.0. The van der Waals surface area contributed by atoms with E-state index in [-0.39, 0.29) is 24.4 Å². The number of carbonyl (C=O) groups is 1. The van der Waals surface area contributed by atoms with Crippen LogP contribution in [0.2, 0.25) is 0 Å². The van der Waals surface area contributed by atoms with Crippen molar-refractivity contribution in [2.45, 2.75) is 26.0 Å². The van der Waals surface area contributed by atoms with Gasteiger partial charge in [-0.15, -0.1) is 0 Å². The van der Waals surface area contributed by atoms with Gasteiger partial charge in [-0.3, -0.25) is 9.78 Å². The SMILES string of the molecule is Cc1ccc(-c2cc(C(=O)NCc3cncnc3)cc(C3=NOC(c4ccccn4)C3)c2)c(F)c1. The molecular formula is C27H22FN5O2. The molecule has 0 fully saturated rings. The Balaban J connectivity index is 1.47. The van der Waals surface area contributed by atoms with E-state index in [9.17, 15) is 9.18 Å². The number of hydrogen-bond acceptors (Lipinski definition) is 6. The number of rotatable bonds is 6. The average molecular weight is 468 g/mol. The van der Waals surface area contributed by atoms with Crippen LogP contribution < -0.4 is 5.32 Å². The van der Waals surface area contributed by atoms with E-state index in [4.69, 9.17) is 4.84 Å². The Labute approximate surface area is 201 Å². The highest BCUT2D eigenvalue weighted by molar-refractivity contribution is 6.05. The van der Waals surface area contributed by atoms with Crippen molar-refractivity contribution in [3.8, 4) is 11.1 Å². The number of aromatic nitrogens is 3. The monoisotopic (exact) mass is 467 g/mol. The highest BCUT2D eigenvalue weighted by atomic mass is 19.1. The van der Waals surface area contributed by atoms with Crippen molar-refractivity contribution in [2.24, 2.45) is 5.16 Å². The highest BCUT2D eigenvalue weighted by Crippen LogP contribution is 2.31. The van der Waals surface area contributed by atoms with Crippen molar-refractivity contribution in [3.05, 3.63) is 113 Å². The van der Waals surface area contributed by atoms with Crippen LogP contribution in [-0.4, -0.2) is 26.6 Å². The Hall–Kier alpha value is -4.46. The minimum Gasteiger partial charge on any atom is -0.385 e. The maximum atomic E-state index is 14.9. The lowest BCUT2D eigenvalue weighted by molar-refractivity contribution is 0.0826. The minimum absolute atomic E-state index is 0.268. The van der Waals surface area contributed by atoms with E-state index in [1.807, 2.05) is 37.3 Å². The summed E-state index contributed by atoms with van der Waals surface area (Å²) in [5.41, 5.74) is 5.09. The third kappa shape index (κ3) is 5.06. The molecule has 35 heavy (non-hydrogen) atoms. The summed E-state index contributed by atoms with van der Waals surface area (Å²) in [6.07, 6.45) is 6.58. The Morgan fingerprint density at radius 3 is 2.69 bits per heavy atom. The van der Waals surface area contributed by atoms with Gasteiger partial charge in [0.15, 0.2) is 6.10 Å². The van der Waals surface area contributed by atoms with Crippen molar-refractivity contribution >= 4 is 11.6 Å². The molecule has 0 bridgehead atoms. The van der Waals surface area contributed by atoms with Crippen LogP contribution in [0.4, 0.5) is 4.39 Å². The zero-order chi connectivity index (χ0) is 24.2. The van der Waals surface area contributed by atoms with Crippen LogP contribution in [0.25, 0.3) is 11.1 Å². The van der Waals surface area contributed by atoms with Crippen molar-refractivity contribution < 1.29 is 14.0 Å². The molecule has 174 valence electrons. The van der Waals surface area contributed by atoms with Crippen LogP contribution in [0, 0.1) is 12.7 Å². The van der Waals surface area contributed by atoms with Gasteiger partial charge in [-0.25, -0.2) is 14.4 Å². The van der Waals surface area contributed by atoms with Gasteiger partial charge in [0.1, 0.15) is 12.1 Å². The quantitative estimate of drug-likeness (QED) is 0.441. The largest absolute Gasteiger partial charge is 0.385 e. The predicted octanol–water partition coefficient (Wildman–Crippen LogP) is 4.78. The fraction of sp³-hybridized carbons (Fsp3) is 0.148. The summed E-state index contributed by atoms with van der Waals surface area (Å²) in [5.74, 6) is -0.656. The van der Waals surface area contributed by atoms with Gasteiger partial charge >= 0.3 is 0 Å². The molecule has 0 saturated carbocycles.